The SMILES string of the molecule is [CH2-]C(CC)C1CC=CCC1.[Zn]. The van der Waals surface area contributed by atoms with Crippen molar-refractivity contribution in [1.82, 2.24) is 0 Å². The second kappa shape index (κ2) is 5.94. The van der Waals surface area contributed by atoms with Crippen molar-refractivity contribution < 1.29 is 19.5 Å². The summed E-state index contributed by atoms with van der Waals surface area (Å²) in [6.07, 6.45) is 9.73. The molecule has 0 nitrogen and oxygen atoms in total. The van der Waals surface area contributed by atoms with Crippen molar-refractivity contribution in [1.29, 1.82) is 0 Å². The van der Waals surface area contributed by atoms with Crippen LogP contribution in [-0.4, -0.2) is 0 Å². The third-order valence-electron chi connectivity index (χ3n) is 2.50. The molecule has 0 heterocycles. The summed E-state index contributed by atoms with van der Waals surface area (Å²) in [6.45, 7) is 6.38. The molecule has 1 aliphatic carbocycles. The van der Waals surface area contributed by atoms with E-state index in [9.17, 15) is 0 Å². The fraction of sp³-hybridized carbons (Fsp3) is 0.700. The Bertz CT molecular complexity index is 118. The van der Waals surface area contributed by atoms with Crippen LogP contribution < -0.4 is 0 Å². The molecule has 0 bridgehead atoms. The molecule has 0 aromatic carbocycles. The van der Waals surface area contributed by atoms with E-state index in [0.717, 1.165) is 5.92 Å². The Balaban J connectivity index is 0.000001000. The Morgan fingerprint density at radius 2 is 2.27 bits per heavy atom. The Hall–Kier alpha value is 0.363. The first-order valence-electron chi connectivity index (χ1n) is 4.32. The van der Waals surface area contributed by atoms with E-state index in [4.69, 9.17) is 0 Å². The normalized spacial score (nSPS) is 25.8. The molecular formula is C10H17Zn-. The smallest absolute Gasteiger partial charge is 0 e. The molecule has 0 aliphatic heterocycles. The number of rotatable bonds is 2. The first-order chi connectivity index (χ1) is 4.84. The molecule has 0 saturated heterocycles. The summed E-state index contributed by atoms with van der Waals surface area (Å²) in [5.41, 5.74) is 0. The molecular weight excluding hydrogens is 185 g/mol. The summed E-state index contributed by atoms with van der Waals surface area (Å²) < 4.78 is 0. The molecule has 60 valence electrons. The van der Waals surface area contributed by atoms with E-state index in [1.807, 2.05) is 0 Å². The predicted molar refractivity (Wildman–Crippen MR) is 45.6 cm³/mol. The molecule has 0 saturated carbocycles. The number of allylic oxidation sites excluding steroid dienone is 2. The Morgan fingerprint density at radius 3 is 2.73 bits per heavy atom. The van der Waals surface area contributed by atoms with Gasteiger partial charge in [-0.1, -0.05) is 31.4 Å². The molecule has 0 aromatic rings. The average Bonchev–Trinajstić information content (AvgIpc) is 2.05. The van der Waals surface area contributed by atoms with E-state index in [1.165, 1.54) is 25.7 Å². The molecule has 0 fully saturated rings. The van der Waals surface area contributed by atoms with Crippen molar-refractivity contribution in [2.24, 2.45) is 11.8 Å². The predicted octanol–water partition coefficient (Wildman–Crippen LogP) is 3.20. The van der Waals surface area contributed by atoms with E-state index in [0.29, 0.717) is 5.92 Å². The van der Waals surface area contributed by atoms with Gasteiger partial charge < -0.3 is 6.92 Å². The standard InChI is InChI=1S/C10H17.Zn/c1-3-9(2)10-7-5-4-6-8-10;/h4-5,9-10H,2-3,6-8H2,1H3;/q-1;. The summed E-state index contributed by atoms with van der Waals surface area (Å²) in [7, 11) is 0. The summed E-state index contributed by atoms with van der Waals surface area (Å²) in [5.74, 6) is 1.56. The second-order valence-corrected chi connectivity index (χ2v) is 3.21. The maximum absolute atomic E-state index is 4.15. The van der Waals surface area contributed by atoms with Crippen LogP contribution in [0.5, 0.6) is 0 Å². The van der Waals surface area contributed by atoms with Gasteiger partial charge in [-0.2, -0.15) is 5.92 Å². The molecule has 1 heteroatoms. The zero-order chi connectivity index (χ0) is 7.40. The van der Waals surface area contributed by atoms with Gasteiger partial charge in [0.05, 0.1) is 0 Å². The molecule has 2 atom stereocenters. The van der Waals surface area contributed by atoms with Crippen molar-refractivity contribution >= 4 is 0 Å². The van der Waals surface area contributed by atoms with Gasteiger partial charge in [-0.05, 0) is 19.3 Å². The van der Waals surface area contributed by atoms with Crippen LogP contribution >= 0.6 is 0 Å². The largest absolute Gasteiger partial charge is 0.340 e. The minimum absolute atomic E-state index is 0. The quantitative estimate of drug-likeness (QED) is 0.367. The van der Waals surface area contributed by atoms with Crippen molar-refractivity contribution in [3.8, 4) is 0 Å². The number of hydrogen-bond donors (Lipinski definition) is 0. The van der Waals surface area contributed by atoms with E-state index in [1.54, 1.807) is 0 Å². The van der Waals surface area contributed by atoms with Crippen molar-refractivity contribution in [3.63, 3.8) is 0 Å². The van der Waals surface area contributed by atoms with Gasteiger partial charge in [-0.3, -0.25) is 0 Å². The molecule has 11 heavy (non-hydrogen) atoms. The van der Waals surface area contributed by atoms with E-state index in [-0.39, 0.29) is 19.5 Å². The fourth-order valence-corrected chi connectivity index (χ4v) is 1.58. The third kappa shape index (κ3) is 3.51. The van der Waals surface area contributed by atoms with Gasteiger partial charge in [0.1, 0.15) is 0 Å². The summed E-state index contributed by atoms with van der Waals surface area (Å²) >= 11 is 0. The van der Waals surface area contributed by atoms with Gasteiger partial charge in [-0.15, -0.1) is 0 Å². The van der Waals surface area contributed by atoms with Gasteiger partial charge in [0, 0.05) is 19.5 Å². The first kappa shape index (κ1) is 11.4. The van der Waals surface area contributed by atoms with Crippen LogP contribution in [0.25, 0.3) is 0 Å². The van der Waals surface area contributed by atoms with Crippen LogP contribution in [0.1, 0.15) is 32.6 Å². The van der Waals surface area contributed by atoms with Gasteiger partial charge >= 0.3 is 0 Å². The van der Waals surface area contributed by atoms with Crippen molar-refractivity contribution in [2.75, 3.05) is 0 Å². The van der Waals surface area contributed by atoms with E-state index in [2.05, 4.69) is 26.0 Å². The van der Waals surface area contributed by atoms with Crippen LogP contribution in [0.4, 0.5) is 0 Å². The molecule has 0 radical (unpaired) electrons. The first-order valence-corrected chi connectivity index (χ1v) is 4.32. The molecule has 0 aromatic heterocycles. The Morgan fingerprint density at radius 1 is 1.55 bits per heavy atom. The maximum Gasteiger partial charge on any atom is 0 e. The van der Waals surface area contributed by atoms with E-state index < -0.39 is 0 Å². The van der Waals surface area contributed by atoms with Crippen molar-refractivity contribution in [3.05, 3.63) is 19.1 Å². The molecule has 1 aliphatic rings. The molecule has 0 amide bonds. The van der Waals surface area contributed by atoms with Gasteiger partial charge in [0.2, 0.25) is 0 Å². The van der Waals surface area contributed by atoms with Crippen LogP contribution in [0.2, 0.25) is 0 Å². The summed E-state index contributed by atoms with van der Waals surface area (Å²) in [6, 6.07) is 0. The minimum atomic E-state index is 0. The zero-order valence-electron chi connectivity index (χ0n) is 7.55. The zero-order valence-corrected chi connectivity index (χ0v) is 10.5. The fourth-order valence-electron chi connectivity index (χ4n) is 1.58. The minimum Gasteiger partial charge on any atom is -0.340 e. The molecule has 1 rings (SSSR count). The van der Waals surface area contributed by atoms with Crippen LogP contribution in [0, 0.1) is 18.8 Å². The molecule has 2 unspecified atom stereocenters. The molecule has 0 N–H and O–H groups in total. The van der Waals surface area contributed by atoms with Crippen LogP contribution in [-0.2, 0) is 19.5 Å². The van der Waals surface area contributed by atoms with Crippen LogP contribution in [0.3, 0.4) is 0 Å². The average molecular weight is 203 g/mol. The third-order valence-corrected chi connectivity index (χ3v) is 2.50. The van der Waals surface area contributed by atoms with Gasteiger partial charge in [0.15, 0.2) is 0 Å². The Kier molecular flexibility index (Phi) is 6.14. The monoisotopic (exact) mass is 201 g/mol. The summed E-state index contributed by atoms with van der Waals surface area (Å²) in [5, 5.41) is 0. The van der Waals surface area contributed by atoms with Crippen LogP contribution in [0.15, 0.2) is 12.2 Å². The summed E-state index contributed by atoms with van der Waals surface area (Å²) in [4.78, 5) is 0. The molecule has 0 spiro atoms. The Labute approximate surface area is 83.2 Å². The topological polar surface area (TPSA) is 0 Å². The second-order valence-electron chi connectivity index (χ2n) is 3.21. The van der Waals surface area contributed by atoms with E-state index >= 15 is 0 Å². The van der Waals surface area contributed by atoms with Gasteiger partial charge in [-0.25, -0.2) is 0 Å². The van der Waals surface area contributed by atoms with Crippen molar-refractivity contribution in [2.45, 2.75) is 32.6 Å². The maximum atomic E-state index is 4.15. The van der Waals surface area contributed by atoms with Gasteiger partial charge in [0.25, 0.3) is 0 Å². The number of hydrogen-bond acceptors (Lipinski definition) is 0.